The molecule has 2 saturated heterocycles. The number of nitrogens with one attached hydrogen (secondary N) is 2. The van der Waals surface area contributed by atoms with Gasteiger partial charge in [0.1, 0.15) is 0 Å². The lowest BCUT2D eigenvalue weighted by atomic mass is 9.93. The Morgan fingerprint density at radius 1 is 1.55 bits per heavy atom. The van der Waals surface area contributed by atoms with Gasteiger partial charge < -0.3 is 5.32 Å². The van der Waals surface area contributed by atoms with E-state index >= 15 is 0 Å². The van der Waals surface area contributed by atoms with Crippen LogP contribution in [0, 0.1) is 5.92 Å². The van der Waals surface area contributed by atoms with Crippen molar-refractivity contribution in [3.63, 3.8) is 0 Å². The monoisotopic (exact) mass is 320 g/mol. The molecule has 6 heteroatoms. The summed E-state index contributed by atoms with van der Waals surface area (Å²) >= 11 is 1.79. The summed E-state index contributed by atoms with van der Waals surface area (Å²) in [7, 11) is 0. The summed E-state index contributed by atoms with van der Waals surface area (Å²) < 4.78 is 0. The van der Waals surface area contributed by atoms with Gasteiger partial charge in [0, 0.05) is 43.5 Å². The van der Waals surface area contributed by atoms with E-state index in [9.17, 15) is 4.79 Å². The Balaban J connectivity index is 1.48. The highest BCUT2D eigenvalue weighted by atomic mass is 32.2. The lowest BCUT2D eigenvalue weighted by Crippen LogP contribution is -2.53. The predicted octanol–water partition coefficient (Wildman–Crippen LogP) is 1.07. The third kappa shape index (κ3) is 4.00. The molecule has 1 aromatic heterocycles. The number of carbonyl (C=O) groups excluding carboxylic acids is 1. The molecule has 3 atom stereocenters. The summed E-state index contributed by atoms with van der Waals surface area (Å²) in [5.41, 5.74) is 1.12. The largest absolute Gasteiger partial charge is 0.352 e. The van der Waals surface area contributed by atoms with Crippen molar-refractivity contribution in [3.8, 4) is 0 Å². The van der Waals surface area contributed by atoms with E-state index in [2.05, 4.69) is 33.5 Å². The van der Waals surface area contributed by atoms with Crippen molar-refractivity contribution < 1.29 is 4.79 Å². The van der Waals surface area contributed by atoms with Crippen LogP contribution in [-0.4, -0.2) is 52.6 Å². The maximum Gasteiger partial charge on any atom is 0.238 e. The van der Waals surface area contributed by atoms with E-state index in [1.165, 1.54) is 0 Å². The summed E-state index contributed by atoms with van der Waals surface area (Å²) in [4.78, 5) is 19.0. The van der Waals surface area contributed by atoms with Crippen LogP contribution in [0.5, 0.6) is 0 Å². The normalized spacial score (nSPS) is 29.4. The Morgan fingerprint density at radius 3 is 3.14 bits per heavy atom. The Labute approximate surface area is 136 Å². The third-order valence-corrected chi connectivity index (χ3v) is 5.40. The molecule has 5 nitrogen and oxygen atoms in total. The number of piperidine rings is 1. The van der Waals surface area contributed by atoms with Crippen LogP contribution in [0.1, 0.15) is 19.0 Å². The number of amides is 1. The SMILES string of the molecule is C[C@H]1CN(Cc2ccccn2)CC[C@@H]1NC(=O)[C@H]1CSCN1. The maximum atomic E-state index is 12.2. The molecule has 1 amide bonds. The van der Waals surface area contributed by atoms with Crippen molar-refractivity contribution in [3.05, 3.63) is 30.1 Å². The molecule has 2 N–H and O–H groups in total. The number of carbonyl (C=O) groups is 1. The van der Waals surface area contributed by atoms with Gasteiger partial charge in [-0.05, 0) is 24.5 Å². The second-order valence-electron chi connectivity index (χ2n) is 6.21. The second-order valence-corrected chi connectivity index (χ2v) is 7.24. The van der Waals surface area contributed by atoms with Gasteiger partial charge in [-0.2, -0.15) is 0 Å². The number of hydrogen-bond acceptors (Lipinski definition) is 5. The summed E-state index contributed by atoms with van der Waals surface area (Å²) in [5, 5.41) is 6.47. The molecule has 22 heavy (non-hydrogen) atoms. The molecule has 0 bridgehead atoms. The first-order valence-corrected chi connectivity index (χ1v) is 9.11. The highest BCUT2D eigenvalue weighted by Crippen LogP contribution is 2.19. The van der Waals surface area contributed by atoms with Gasteiger partial charge in [-0.25, -0.2) is 0 Å². The van der Waals surface area contributed by atoms with Gasteiger partial charge in [-0.3, -0.25) is 20.0 Å². The van der Waals surface area contributed by atoms with Crippen molar-refractivity contribution in [1.29, 1.82) is 0 Å². The van der Waals surface area contributed by atoms with Crippen molar-refractivity contribution in [2.75, 3.05) is 24.7 Å². The van der Waals surface area contributed by atoms with Crippen LogP contribution in [0.4, 0.5) is 0 Å². The quantitative estimate of drug-likeness (QED) is 0.869. The Kier molecular flexibility index (Phi) is 5.33. The number of likely N-dealkylation sites (tertiary alicyclic amines) is 1. The van der Waals surface area contributed by atoms with Crippen molar-refractivity contribution in [1.82, 2.24) is 20.5 Å². The minimum atomic E-state index is -0.0104. The van der Waals surface area contributed by atoms with Gasteiger partial charge in [-0.1, -0.05) is 13.0 Å². The zero-order valence-electron chi connectivity index (χ0n) is 13.0. The fourth-order valence-corrected chi connectivity index (χ4v) is 4.10. The fourth-order valence-electron chi connectivity index (χ4n) is 3.16. The van der Waals surface area contributed by atoms with E-state index in [-0.39, 0.29) is 11.9 Å². The van der Waals surface area contributed by atoms with E-state index in [4.69, 9.17) is 0 Å². The first-order valence-electron chi connectivity index (χ1n) is 7.96. The summed E-state index contributed by atoms with van der Waals surface area (Å²) in [6.07, 6.45) is 2.86. The maximum absolute atomic E-state index is 12.2. The molecule has 0 unspecified atom stereocenters. The predicted molar refractivity (Wildman–Crippen MR) is 89.5 cm³/mol. The van der Waals surface area contributed by atoms with Crippen molar-refractivity contribution >= 4 is 17.7 Å². The molecule has 3 rings (SSSR count). The first kappa shape index (κ1) is 15.8. The van der Waals surface area contributed by atoms with Crippen LogP contribution >= 0.6 is 11.8 Å². The van der Waals surface area contributed by atoms with Gasteiger partial charge in [0.05, 0.1) is 11.7 Å². The number of rotatable bonds is 4. The molecule has 2 fully saturated rings. The summed E-state index contributed by atoms with van der Waals surface area (Å²) in [5.74, 6) is 2.41. The minimum absolute atomic E-state index is 0.0104. The molecule has 2 aliphatic heterocycles. The molecular formula is C16H24N4OS. The lowest BCUT2D eigenvalue weighted by molar-refractivity contribution is -0.123. The average molecular weight is 320 g/mol. The van der Waals surface area contributed by atoms with E-state index < -0.39 is 0 Å². The highest BCUT2D eigenvalue weighted by molar-refractivity contribution is 7.99. The Bertz CT molecular complexity index is 492. The van der Waals surface area contributed by atoms with Gasteiger partial charge in [0.15, 0.2) is 0 Å². The summed E-state index contributed by atoms with van der Waals surface area (Å²) in [6, 6.07) is 6.33. The second kappa shape index (κ2) is 7.44. The molecule has 3 heterocycles. The Hall–Kier alpha value is -1.11. The molecule has 2 aliphatic rings. The van der Waals surface area contributed by atoms with E-state index in [1.807, 2.05) is 18.3 Å². The zero-order valence-corrected chi connectivity index (χ0v) is 13.8. The van der Waals surface area contributed by atoms with Crippen molar-refractivity contribution in [2.45, 2.75) is 32.0 Å². The van der Waals surface area contributed by atoms with Gasteiger partial charge in [-0.15, -0.1) is 11.8 Å². The van der Waals surface area contributed by atoms with Crippen LogP contribution in [0.2, 0.25) is 0 Å². The van der Waals surface area contributed by atoms with E-state index in [1.54, 1.807) is 11.8 Å². The number of aromatic nitrogens is 1. The minimum Gasteiger partial charge on any atom is -0.352 e. The molecular weight excluding hydrogens is 296 g/mol. The molecule has 0 aromatic carbocycles. The van der Waals surface area contributed by atoms with Crippen LogP contribution in [0.25, 0.3) is 0 Å². The van der Waals surface area contributed by atoms with Gasteiger partial charge in [0.2, 0.25) is 5.91 Å². The summed E-state index contributed by atoms with van der Waals surface area (Å²) in [6.45, 7) is 5.14. The van der Waals surface area contributed by atoms with Crippen LogP contribution in [-0.2, 0) is 11.3 Å². The number of hydrogen-bond donors (Lipinski definition) is 2. The highest BCUT2D eigenvalue weighted by Gasteiger charge is 2.30. The molecule has 0 saturated carbocycles. The average Bonchev–Trinajstić information content (AvgIpc) is 3.05. The van der Waals surface area contributed by atoms with Crippen LogP contribution in [0.3, 0.4) is 0 Å². The topological polar surface area (TPSA) is 57.3 Å². The van der Waals surface area contributed by atoms with Gasteiger partial charge in [0.25, 0.3) is 0 Å². The first-order chi connectivity index (χ1) is 10.7. The molecule has 0 aliphatic carbocycles. The standard InChI is InChI=1S/C16H24N4OS/c1-12-8-20(9-13-4-2-3-6-17-13)7-5-14(12)19-16(21)15-10-22-11-18-15/h2-4,6,12,14-15,18H,5,7-11H2,1H3,(H,19,21)/t12-,14-,15+/m0/s1. The van der Waals surface area contributed by atoms with Crippen LogP contribution < -0.4 is 10.6 Å². The molecule has 120 valence electrons. The smallest absolute Gasteiger partial charge is 0.238 e. The number of thioether (sulfide) groups is 1. The number of nitrogens with zero attached hydrogens (tertiary/aromatic N) is 2. The Morgan fingerprint density at radius 2 is 2.45 bits per heavy atom. The van der Waals surface area contributed by atoms with E-state index in [0.29, 0.717) is 12.0 Å². The fraction of sp³-hybridized carbons (Fsp3) is 0.625. The molecule has 0 radical (unpaired) electrons. The van der Waals surface area contributed by atoms with E-state index in [0.717, 1.165) is 43.4 Å². The number of pyridine rings is 1. The third-order valence-electron chi connectivity index (χ3n) is 4.46. The lowest BCUT2D eigenvalue weighted by Gasteiger charge is -2.37. The van der Waals surface area contributed by atoms with Crippen LogP contribution in [0.15, 0.2) is 24.4 Å². The van der Waals surface area contributed by atoms with Crippen molar-refractivity contribution in [2.24, 2.45) is 5.92 Å². The van der Waals surface area contributed by atoms with Gasteiger partial charge >= 0.3 is 0 Å². The zero-order chi connectivity index (χ0) is 15.4. The molecule has 0 spiro atoms. The molecule has 1 aromatic rings.